The molecule has 150 valence electrons. The minimum Gasteiger partial charge on any atom is -0.354 e. The standard InChI is InChI=1S/C19H25N5O4/c1-13(2)11-21-16(25)15-12-24-10-7-20-18(24)19(27-15)4-8-23(9-5-19)17(26)14-3-6-22-28-14/h3,6-7,10,13,15H,4-5,8-9,11-12H2,1-2H3,(H,21,25). The quantitative estimate of drug-likeness (QED) is 0.845. The Balaban J connectivity index is 1.49. The molecule has 1 spiro atoms. The molecule has 1 unspecified atom stereocenters. The van der Waals surface area contributed by atoms with E-state index >= 15 is 0 Å². The number of amides is 2. The van der Waals surface area contributed by atoms with Gasteiger partial charge in [-0.15, -0.1) is 0 Å². The average molecular weight is 387 g/mol. The Bertz CT molecular complexity index is 836. The van der Waals surface area contributed by atoms with Crippen molar-refractivity contribution < 1.29 is 18.8 Å². The van der Waals surface area contributed by atoms with E-state index < -0.39 is 11.7 Å². The van der Waals surface area contributed by atoms with Crippen LogP contribution in [0.4, 0.5) is 0 Å². The van der Waals surface area contributed by atoms with Crippen molar-refractivity contribution >= 4 is 11.8 Å². The number of hydrogen-bond donors (Lipinski definition) is 1. The van der Waals surface area contributed by atoms with Crippen LogP contribution in [0.2, 0.25) is 0 Å². The first-order valence-electron chi connectivity index (χ1n) is 9.65. The first kappa shape index (κ1) is 18.7. The van der Waals surface area contributed by atoms with E-state index in [2.05, 4.69) is 29.3 Å². The molecule has 1 fully saturated rings. The lowest BCUT2D eigenvalue weighted by Gasteiger charge is -2.45. The van der Waals surface area contributed by atoms with E-state index in [1.165, 1.54) is 6.20 Å². The van der Waals surface area contributed by atoms with E-state index in [9.17, 15) is 9.59 Å². The zero-order chi connectivity index (χ0) is 19.7. The maximum atomic E-state index is 12.6. The van der Waals surface area contributed by atoms with Gasteiger partial charge < -0.3 is 24.0 Å². The summed E-state index contributed by atoms with van der Waals surface area (Å²) in [5.74, 6) is 1.14. The van der Waals surface area contributed by atoms with Crippen molar-refractivity contribution in [3.05, 3.63) is 36.2 Å². The van der Waals surface area contributed by atoms with E-state index in [-0.39, 0.29) is 17.6 Å². The van der Waals surface area contributed by atoms with Crippen LogP contribution in [0.3, 0.4) is 0 Å². The van der Waals surface area contributed by atoms with Crippen molar-refractivity contribution in [2.24, 2.45) is 5.92 Å². The Morgan fingerprint density at radius 1 is 1.32 bits per heavy atom. The van der Waals surface area contributed by atoms with E-state index in [1.807, 2.05) is 10.8 Å². The maximum absolute atomic E-state index is 12.6. The average Bonchev–Trinajstić information content (AvgIpc) is 3.38. The molecule has 2 aliphatic rings. The van der Waals surface area contributed by atoms with Crippen molar-refractivity contribution in [2.75, 3.05) is 19.6 Å². The molecule has 4 heterocycles. The number of fused-ring (bicyclic) bond motifs is 2. The van der Waals surface area contributed by atoms with E-state index in [4.69, 9.17) is 9.26 Å². The van der Waals surface area contributed by atoms with Gasteiger partial charge in [0.05, 0.1) is 12.7 Å². The summed E-state index contributed by atoms with van der Waals surface area (Å²) >= 11 is 0. The Kier molecular flexibility index (Phi) is 4.92. The van der Waals surface area contributed by atoms with Gasteiger partial charge in [0.15, 0.2) is 6.10 Å². The summed E-state index contributed by atoms with van der Waals surface area (Å²) < 4.78 is 13.3. The molecule has 0 saturated carbocycles. The van der Waals surface area contributed by atoms with Gasteiger partial charge in [-0.1, -0.05) is 19.0 Å². The van der Waals surface area contributed by atoms with Gasteiger partial charge in [-0.05, 0) is 5.92 Å². The fourth-order valence-electron chi connectivity index (χ4n) is 3.85. The van der Waals surface area contributed by atoms with Crippen LogP contribution >= 0.6 is 0 Å². The molecule has 0 aliphatic carbocycles. The largest absolute Gasteiger partial charge is 0.354 e. The molecule has 1 N–H and O–H groups in total. The fraction of sp³-hybridized carbons (Fsp3) is 0.579. The molecule has 1 atom stereocenters. The highest BCUT2D eigenvalue weighted by molar-refractivity contribution is 5.91. The molecule has 2 aliphatic heterocycles. The lowest BCUT2D eigenvalue weighted by Crippen LogP contribution is -2.55. The van der Waals surface area contributed by atoms with Crippen LogP contribution in [-0.4, -0.2) is 57.2 Å². The first-order chi connectivity index (χ1) is 13.5. The van der Waals surface area contributed by atoms with Crippen molar-refractivity contribution in [1.82, 2.24) is 24.9 Å². The van der Waals surface area contributed by atoms with Crippen molar-refractivity contribution in [1.29, 1.82) is 0 Å². The van der Waals surface area contributed by atoms with Crippen LogP contribution in [0.15, 0.2) is 29.2 Å². The molecule has 2 aromatic heterocycles. The van der Waals surface area contributed by atoms with Crippen molar-refractivity contribution in [3.63, 3.8) is 0 Å². The Hall–Kier alpha value is -2.68. The molecule has 28 heavy (non-hydrogen) atoms. The van der Waals surface area contributed by atoms with Crippen LogP contribution < -0.4 is 5.32 Å². The molecule has 2 aromatic rings. The minimum absolute atomic E-state index is 0.104. The first-order valence-corrected chi connectivity index (χ1v) is 9.65. The maximum Gasteiger partial charge on any atom is 0.292 e. The molecule has 1 saturated heterocycles. The topological polar surface area (TPSA) is 102 Å². The number of rotatable bonds is 4. The van der Waals surface area contributed by atoms with E-state index in [0.29, 0.717) is 44.9 Å². The zero-order valence-corrected chi connectivity index (χ0v) is 16.1. The minimum atomic E-state index is -0.667. The summed E-state index contributed by atoms with van der Waals surface area (Å²) in [4.78, 5) is 31.4. The van der Waals surface area contributed by atoms with Gasteiger partial charge in [-0.3, -0.25) is 9.59 Å². The van der Waals surface area contributed by atoms with Crippen LogP contribution in [0.25, 0.3) is 0 Å². The molecule has 0 bridgehead atoms. The second-order valence-corrected chi connectivity index (χ2v) is 7.81. The van der Waals surface area contributed by atoms with Gasteiger partial charge >= 0.3 is 0 Å². The predicted molar refractivity (Wildman–Crippen MR) is 98.3 cm³/mol. The lowest BCUT2D eigenvalue weighted by atomic mass is 9.88. The highest BCUT2D eigenvalue weighted by atomic mass is 16.5. The second kappa shape index (κ2) is 7.38. The number of nitrogens with zero attached hydrogens (tertiary/aromatic N) is 4. The molecule has 2 amide bonds. The predicted octanol–water partition coefficient (Wildman–Crippen LogP) is 1.17. The zero-order valence-electron chi connectivity index (χ0n) is 16.1. The normalized spacial score (nSPS) is 21.0. The van der Waals surface area contributed by atoms with Gasteiger partial charge in [0, 0.05) is 50.9 Å². The summed E-state index contributed by atoms with van der Waals surface area (Å²) in [6.45, 7) is 6.15. The lowest BCUT2D eigenvalue weighted by molar-refractivity contribution is -0.172. The van der Waals surface area contributed by atoms with Gasteiger partial charge in [0.1, 0.15) is 11.4 Å². The monoisotopic (exact) mass is 387 g/mol. The molecule has 4 rings (SSSR count). The van der Waals surface area contributed by atoms with E-state index in [0.717, 1.165) is 5.82 Å². The number of carbonyl (C=O) groups excluding carboxylic acids is 2. The summed E-state index contributed by atoms with van der Waals surface area (Å²) in [7, 11) is 0. The molecular formula is C19H25N5O4. The van der Waals surface area contributed by atoms with Crippen LogP contribution in [0, 0.1) is 5.92 Å². The van der Waals surface area contributed by atoms with Crippen molar-refractivity contribution in [2.45, 2.75) is 44.9 Å². The number of hydrogen-bond acceptors (Lipinski definition) is 6. The molecular weight excluding hydrogens is 362 g/mol. The number of ether oxygens (including phenoxy) is 1. The SMILES string of the molecule is CC(C)CNC(=O)C1Cn2ccnc2C2(CCN(C(=O)c3ccno3)CC2)O1. The number of aromatic nitrogens is 3. The third-order valence-corrected chi connectivity index (χ3v) is 5.34. The van der Waals surface area contributed by atoms with Gasteiger partial charge in [-0.2, -0.15) is 0 Å². The summed E-state index contributed by atoms with van der Waals surface area (Å²) in [5, 5.41) is 6.56. The second-order valence-electron chi connectivity index (χ2n) is 7.81. The third kappa shape index (κ3) is 3.42. The van der Waals surface area contributed by atoms with Crippen LogP contribution in [0.1, 0.15) is 43.1 Å². The molecule has 0 radical (unpaired) electrons. The number of imidazole rings is 1. The molecule has 9 heteroatoms. The summed E-state index contributed by atoms with van der Waals surface area (Å²) in [6, 6.07) is 1.56. The highest BCUT2D eigenvalue weighted by Gasteiger charge is 2.47. The van der Waals surface area contributed by atoms with Crippen LogP contribution in [0.5, 0.6) is 0 Å². The fourth-order valence-corrected chi connectivity index (χ4v) is 3.85. The third-order valence-electron chi connectivity index (χ3n) is 5.34. The number of likely N-dealkylation sites (tertiary alicyclic amines) is 1. The smallest absolute Gasteiger partial charge is 0.292 e. The van der Waals surface area contributed by atoms with Crippen LogP contribution in [-0.2, 0) is 21.7 Å². The number of nitrogens with one attached hydrogen (secondary N) is 1. The van der Waals surface area contributed by atoms with Gasteiger partial charge in [-0.25, -0.2) is 4.98 Å². The summed E-state index contributed by atoms with van der Waals surface area (Å²) in [6.07, 6.45) is 5.64. The van der Waals surface area contributed by atoms with Gasteiger partial charge in [0.25, 0.3) is 11.8 Å². The number of carbonyl (C=O) groups is 2. The number of piperidine rings is 1. The highest BCUT2D eigenvalue weighted by Crippen LogP contribution is 2.40. The molecule has 0 aromatic carbocycles. The van der Waals surface area contributed by atoms with E-state index in [1.54, 1.807) is 17.2 Å². The Labute approximate surface area is 163 Å². The summed E-state index contributed by atoms with van der Waals surface area (Å²) in [5.41, 5.74) is -0.667. The Morgan fingerprint density at radius 2 is 2.11 bits per heavy atom. The Morgan fingerprint density at radius 3 is 2.79 bits per heavy atom. The van der Waals surface area contributed by atoms with Crippen molar-refractivity contribution in [3.8, 4) is 0 Å². The molecule has 9 nitrogen and oxygen atoms in total. The van der Waals surface area contributed by atoms with Gasteiger partial charge in [0.2, 0.25) is 5.76 Å².